The summed E-state index contributed by atoms with van der Waals surface area (Å²) in [4.78, 5) is 3.86. The molecule has 1 aliphatic rings. The summed E-state index contributed by atoms with van der Waals surface area (Å²) in [6.07, 6.45) is 6.26. The van der Waals surface area contributed by atoms with Crippen LogP contribution in [0, 0.1) is 11.6 Å². The van der Waals surface area contributed by atoms with Crippen molar-refractivity contribution < 1.29 is 13.9 Å². The van der Waals surface area contributed by atoms with Crippen LogP contribution in [0.4, 0.5) is 8.78 Å². The number of hydrogen-bond donors (Lipinski definition) is 1. The predicted molar refractivity (Wildman–Crippen MR) is 85.0 cm³/mol. The second-order valence-corrected chi connectivity index (χ2v) is 7.62. The van der Waals surface area contributed by atoms with Crippen molar-refractivity contribution in [1.29, 1.82) is 0 Å². The fourth-order valence-corrected chi connectivity index (χ4v) is 4.35. The molecule has 1 fully saturated rings. The molecule has 1 aromatic carbocycles. The summed E-state index contributed by atoms with van der Waals surface area (Å²) < 4.78 is 29.0. The Balaban J connectivity index is 1.93. The highest BCUT2D eigenvalue weighted by molar-refractivity contribution is 8.00. The minimum Gasteiger partial charge on any atom is -0.382 e. The van der Waals surface area contributed by atoms with Crippen molar-refractivity contribution in [2.24, 2.45) is 0 Å². The highest BCUT2D eigenvalue weighted by Crippen LogP contribution is 2.42. The molecule has 1 N–H and O–H groups in total. The molecule has 3 rings (SSSR count). The maximum atomic E-state index is 14.3. The lowest BCUT2D eigenvalue weighted by atomic mass is 9.90. The molecular formula is C16H19F2N3OS. The molecule has 0 aliphatic heterocycles. The van der Waals surface area contributed by atoms with E-state index in [0.29, 0.717) is 5.25 Å². The van der Waals surface area contributed by atoms with Gasteiger partial charge in [-0.15, -0.1) is 0 Å². The van der Waals surface area contributed by atoms with Crippen LogP contribution in [0.3, 0.4) is 0 Å². The molecule has 7 heteroatoms. The Morgan fingerprint density at radius 2 is 2.22 bits per heavy atom. The Labute approximate surface area is 137 Å². The number of rotatable bonds is 6. The number of benzene rings is 1. The minimum atomic E-state index is -1.49. The molecule has 0 radical (unpaired) electrons. The van der Waals surface area contributed by atoms with Gasteiger partial charge in [0.25, 0.3) is 0 Å². The van der Waals surface area contributed by atoms with Crippen LogP contribution in [-0.2, 0) is 12.1 Å². The van der Waals surface area contributed by atoms with Gasteiger partial charge in [0, 0.05) is 22.1 Å². The Kier molecular flexibility index (Phi) is 4.68. The number of aliphatic hydroxyl groups is 1. The molecule has 1 saturated carbocycles. The van der Waals surface area contributed by atoms with Crippen molar-refractivity contribution in [3.05, 3.63) is 48.1 Å². The molecule has 23 heavy (non-hydrogen) atoms. The lowest BCUT2D eigenvalue weighted by Gasteiger charge is -2.38. The first-order valence-electron chi connectivity index (χ1n) is 7.65. The average molecular weight is 339 g/mol. The molecule has 0 saturated heterocycles. The molecular weight excluding hydrogens is 320 g/mol. The Morgan fingerprint density at radius 1 is 1.43 bits per heavy atom. The van der Waals surface area contributed by atoms with Gasteiger partial charge < -0.3 is 5.11 Å². The van der Waals surface area contributed by atoms with Crippen molar-refractivity contribution in [3.8, 4) is 0 Å². The van der Waals surface area contributed by atoms with E-state index in [1.807, 2.05) is 6.92 Å². The molecule has 0 bridgehead atoms. The lowest BCUT2D eigenvalue weighted by Crippen LogP contribution is -2.42. The van der Waals surface area contributed by atoms with E-state index in [1.165, 1.54) is 35.9 Å². The van der Waals surface area contributed by atoms with E-state index in [0.717, 1.165) is 18.9 Å². The van der Waals surface area contributed by atoms with Gasteiger partial charge in [-0.3, -0.25) is 0 Å². The van der Waals surface area contributed by atoms with Crippen molar-refractivity contribution in [1.82, 2.24) is 14.8 Å². The van der Waals surface area contributed by atoms with Crippen LogP contribution in [0.25, 0.3) is 0 Å². The maximum Gasteiger partial charge on any atom is 0.137 e. The van der Waals surface area contributed by atoms with Crippen molar-refractivity contribution >= 4 is 11.8 Å². The first-order chi connectivity index (χ1) is 11.0. The molecule has 0 unspecified atom stereocenters. The van der Waals surface area contributed by atoms with Gasteiger partial charge in [0.15, 0.2) is 0 Å². The van der Waals surface area contributed by atoms with Gasteiger partial charge in [-0.1, -0.05) is 19.4 Å². The van der Waals surface area contributed by atoms with Crippen LogP contribution in [0.2, 0.25) is 0 Å². The number of nitrogens with zero attached hydrogens (tertiary/aromatic N) is 3. The lowest BCUT2D eigenvalue weighted by molar-refractivity contribution is 0.0130. The molecule has 2 aromatic rings. The summed E-state index contributed by atoms with van der Waals surface area (Å²) >= 11 is 1.65. The van der Waals surface area contributed by atoms with Crippen molar-refractivity contribution in [2.75, 3.05) is 0 Å². The van der Waals surface area contributed by atoms with Crippen molar-refractivity contribution in [2.45, 2.75) is 48.8 Å². The van der Waals surface area contributed by atoms with Crippen LogP contribution in [0.5, 0.6) is 0 Å². The predicted octanol–water partition coefficient (Wildman–Crippen LogP) is 3.12. The summed E-state index contributed by atoms with van der Waals surface area (Å²) in [5.74, 6) is -1.40. The topological polar surface area (TPSA) is 50.9 Å². The molecule has 1 aliphatic carbocycles. The molecule has 0 spiro atoms. The van der Waals surface area contributed by atoms with E-state index < -0.39 is 17.2 Å². The van der Waals surface area contributed by atoms with Gasteiger partial charge in [0.1, 0.15) is 29.9 Å². The second-order valence-electron chi connectivity index (χ2n) is 5.97. The van der Waals surface area contributed by atoms with E-state index in [9.17, 15) is 13.9 Å². The quantitative estimate of drug-likeness (QED) is 0.878. The van der Waals surface area contributed by atoms with E-state index in [-0.39, 0.29) is 17.4 Å². The third-order valence-electron chi connectivity index (χ3n) is 4.39. The third-order valence-corrected chi connectivity index (χ3v) is 6.04. The van der Waals surface area contributed by atoms with E-state index in [4.69, 9.17) is 0 Å². The molecule has 1 aromatic heterocycles. The number of aromatic nitrogens is 3. The summed E-state index contributed by atoms with van der Waals surface area (Å²) in [5, 5.41) is 15.5. The van der Waals surface area contributed by atoms with Crippen LogP contribution in [0.1, 0.15) is 31.7 Å². The van der Waals surface area contributed by atoms with E-state index in [2.05, 4.69) is 10.1 Å². The standard InChI is InChI=1S/C16H19F2N3OS/c1-11(23-13-3-2-4-13)16(22,8-21-10-19-9-20-21)14-6-5-12(17)7-15(14)18/h5-7,9-11,13,22H,2-4,8H2,1H3/t11-,16-/m1/s1. The normalized spacial score (nSPS) is 19.1. The van der Waals surface area contributed by atoms with Gasteiger partial charge in [-0.25, -0.2) is 18.4 Å². The fourth-order valence-electron chi connectivity index (χ4n) is 2.74. The zero-order chi connectivity index (χ0) is 16.4. The zero-order valence-electron chi connectivity index (χ0n) is 12.8. The van der Waals surface area contributed by atoms with Gasteiger partial charge in [-0.2, -0.15) is 16.9 Å². The van der Waals surface area contributed by atoms with Crippen LogP contribution < -0.4 is 0 Å². The molecule has 1 heterocycles. The summed E-state index contributed by atoms with van der Waals surface area (Å²) in [5.41, 5.74) is -1.40. The fraction of sp³-hybridized carbons (Fsp3) is 0.500. The van der Waals surface area contributed by atoms with Crippen LogP contribution in [-0.4, -0.2) is 30.4 Å². The first kappa shape index (κ1) is 16.4. The number of halogens is 2. The van der Waals surface area contributed by atoms with E-state index >= 15 is 0 Å². The SMILES string of the molecule is C[C@@H](SC1CCC1)[C@](O)(Cn1cncn1)c1ccc(F)cc1F. The first-order valence-corrected chi connectivity index (χ1v) is 8.59. The number of hydrogen-bond acceptors (Lipinski definition) is 4. The summed E-state index contributed by atoms with van der Waals surface area (Å²) in [7, 11) is 0. The average Bonchev–Trinajstić information content (AvgIpc) is 2.95. The van der Waals surface area contributed by atoms with Gasteiger partial charge in [0.2, 0.25) is 0 Å². The van der Waals surface area contributed by atoms with Crippen LogP contribution >= 0.6 is 11.8 Å². The zero-order valence-corrected chi connectivity index (χ0v) is 13.6. The third kappa shape index (κ3) is 3.40. The number of thioether (sulfide) groups is 1. The molecule has 4 nitrogen and oxygen atoms in total. The Hall–Kier alpha value is -1.47. The Morgan fingerprint density at radius 3 is 2.78 bits per heavy atom. The Bertz CT molecular complexity index is 663. The van der Waals surface area contributed by atoms with E-state index in [1.54, 1.807) is 11.8 Å². The summed E-state index contributed by atoms with van der Waals surface area (Å²) in [6.45, 7) is 1.94. The molecule has 124 valence electrons. The highest BCUT2D eigenvalue weighted by Gasteiger charge is 2.41. The van der Waals surface area contributed by atoms with Gasteiger partial charge in [0.05, 0.1) is 6.54 Å². The van der Waals surface area contributed by atoms with Crippen molar-refractivity contribution in [3.63, 3.8) is 0 Å². The monoisotopic (exact) mass is 339 g/mol. The summed E-state index contributed by atoms with van der Waals surface area (Å²) in [6, 6.07) is 3.30. The second kappa shape index (κ2) is 6.57. The maximum absolute atomic E-state index is 14.3. The smallest absolute Gasteiger partial charge is 0.137 e. The van der Waals surface area contributed by atoms with Crippen LogP contribution in [0.15, 0.2) is 30.9 Å². The largest absolute Gasteiger partial charge is 0.382 e. The molecule has 2 atom stereocenters. The molecule has 0 amide bonds. The van der Waals surface area contributed by atoms with Gasteiger partial charge in [-0.05, 0) is 18.9 Å². The van der Waals surface area contributed by atoms with Gasteiger partial charge >= 0.3 is 0 Å². The highest BCUT2D eigenvalue weighted by atomic mass is 32.2. The minimum absolute atomic E-state index is 0.0659.